The first-order valence-electron chi connectivity index (χ1n) is 9.48. The van der Waals surface area contributed by atoms with Gasteiger partial charge in [0.05, 0.1) is 33.6 Å². The minimum Gasteiger partial charge on any atom is -0.352 e. The highest BCUT2D eigenvalue weighted by Crippen LogP contribution is 2.37. The van der Waals surface area contributed by atoms with Crippen molar-refractivity contribution in [1.82, 2.24) is 9.55 Å². The largest absolute Gasteiger partial charge is 0.352 e. The van der Waals surface area contributed by atoms with Crippen LogP contribution >= 0.6 is 23.5 Å². The monoisotopic (exact) mass is 434 g/mol. The lowest BCUT2D eigenvalue weighted by Gasteiger charge is -2.17. The average molecular weight is 435 g/mol. The van der Waals surface area contributed by atoms with E-state index in [0.717, 1.165) is 12.2 Å². The van der Waals surface area contributed by atoms with E-state index in [2.05, 4.69) is 21.9 Å². The number of nitrogens with one attached hydrogen (secondary N) is 2. The number of hydrogen-bond acceptors (Lipinski definition) is 5. The Morgan fingerprint density at radius 2 is 1.97 bits per heavy atom. The first-order valence-corrected chi connectivity index (χ1v) is 10.8. The molecule has 2 N–H and O–H groups in total. The molecule has 0 bridgehead atoms. The normalized spacial score (nSPS) is 11.3. The molecule has 0 fully saturated rings. The Bertz CT molecular complexity index is 1100. The number of rotatable bonds is 7. The number of hydrogen-bond donors (Lipinski definition) is 2. The van der Waals surface area contributed by atoms with Crippen molar-refractivity contribution in [2.24, 2.45) is 0 Å². The van der Waals surface area contributed by atoms with E-state index in [0.29, 0.717) is 27.8 Å². The van der Waals surface area contributed by atoms with Gasteiger partial charge in [-0.2, -0.15) is 0 Å². The molecule has 8 heteroatoms. The second kappa shape index (κ2) is 9.05. The molecule has 154 valence electrons. The molecule has 3 rings (SSSR count). The fourth-order valence-corrected chi connectivity index (χ4v) is 3.93. The Labute approximate surface area is 178 Å². The molecule has 1 aromatic heterocycles. The van der Waals surface area contributed by atoms with Gasteiger partial charge in [-0.3, -0.25) is 9.36 Å². The van der Waals surface area contributed by atoms with Gasteiger partial charge in [-0.1, -0.05) is 30.5 Å². The number of nitrogens with zero attached hydrogens (tertiary/aromatic N) is 2. The molecule has 29 heavy (non-hydrogen) atoms. The van der Waals surface area contributed by atoms with Crippen molar-refractivity contribution in [3.8, 4) is 0 Å². The average Bonchev–Trinajstić information content (AvgIpc) is 2.68. The second-order valence-corrected chi connectivity index (χ2v) is 8.32. The molecular weight excluding hydrogens is 411 g/mol. The minimum atomic E-state index is -0.466. The fraction of sp³-hybridized carbons (Fsp3) is 0.333. The summed E-state index contributed by atoms with van der Waals surface area (Å²) in [7, 11) is 0. The van der Waals surface area contributed by atoms with Crippen LogP contribution in [0.3, 0.4) is 0 Å². The van der Waals surface area contributed by atoms with Gasteiger partial charge in [0.25, 0.3) is 5.56 Å². The third kappa shape index (κ3) is 4.36. The molecule has 0 aliphatic rings. The van der Waals surface area contributed by atoms with Crippen LogP contribution < -0.4 is 15.6 Å². The molecule has 0 amide bonds. The number of anilines is 3. The summed E-state index contributed by atoms with van der Waals surface area (Å²) in [6, 6.07) is 6.51. The van der Waals surface area contributed by atoms with Crippen LogP contribution in [0, 0.1) is 12.7 Å². The third-order valence-electron chi connectivity index (χ3n) is 4.61. The van der Waals surface area contributed by atoms with Crippen LogP contribution in [0.2, 0.25) is 5.02 Å². The molecule has 0 unspecified atom stereocenters. The molecule has 0 saturated heterocycles. The van der Waals surface area contributed by atoms with Crippen LogP contribution in [-0.2, 0) is 0 Å². The Kier molecular flexibility index (Phi) is 6.70. The van der Waals surface area contributed by atoms with Crippen molar-refractivity contribution in [2.45, 2.75) is 40.2 Å². The van der Waals surface area contributed by atoms with Crippen molar-refractivity contribution in [3.63, 3.8) is 0 Å². The predicted molar refractivity (Wildman–Crippen MR) is 122 cm³/mol. The second-order valence-electron chi connectivity index (χ2n) is 7.04. The smallest absolute Gasteiger partial charge is 0.261 e. The van der Waals surface area contributed by atoms with E-state index in [1.807, 2.05) is 20.8 Å². The topological polar surface area (TPSA) is 59.0 Å². The van der Waals surface area contributed by atoms with Gasteiger partial charge in [0.2, 0.25) is 0 Å². The maximum absolute atomic E-state index is 14.5. The molecule has 0 aliphatic heterocycles. The summed E-state index contributed by atoms with van der Waals surface area (Å²) < 4.78 is 19.3. The summed E-state index contributed by atoms with van der Waals surface area (Å²) in [4.78, 5) is 17.3. The summed E-state index contributed by atoms with van der Waals surface area (Å²) in [6.45, 7) is 7.76. The van der Waals surface area contributed by atoms with E-state index in [9.17, 15) is 9.18 Å². The SMILES string of the molecule is CCCSNc1ccc(F)c(Nc2ccc3ncn(C(C)C)c(=O)c3c2C)c1Cl. The van der Waals surface area contributed by atoms with Crippen molar-refractivity contribution in [1.29, 1.82) is 0 Å². The number of aryl methyl sites for hydroxylation is 1. The zero-order chi connectivity index (χ0) is 21.1. The third-order valence-corrected chi connectivity index (χ3v) is 5.98. The summed E-state index contributed by atoms with van der Waals surface area (Å²) >= 11 is 7.97. The van der Waals surface area contributed by atoms with Crippen molar-refractivity contribution in [3.05, 3.63) is 57.3 Å². The van der Waals surface area contributed by atoms with Crippen LogP contribution in [0.4, 0.5) is 21.5 Å². The van der Waals surface area contributed by atoms with Crippen LogP contribution in [0.25, 0.3) is 10.9 Å². The molecule has 1 heterocycles. The van der Waals surface area contributed by atoms with Gasteiger partial charge in [0.15, 0.2) is 0 Å². The van der Waals surface area contributed by atoms with Gasteiger partial charge in [-0.15, -0.1) is 0 Å². The molecule has 2 aromatic carbocycles. The van der Waals surface area contributed by atoms with Crippen LogP contribution in [0.5, 0.6) is 0 Å². The summed E-state index contributed by atoms with van der Waals surface area (Å²) in [6.07, 6.45) is 2.57. The van der Waals surface area contributed by atoms with Crippen molar-refractivity contribution >= 4 is 51.5 Å². The highest BCUT2D eigenvalue weighted by Gasteiger charge is 2.16. The van der Waals surface area contributed by atoms with E-state index < -0.39 is 5.82 Å². The quantitative estimate of drug-likeness (QED) is 0.338. The maximum Gasteiger partial charge on any atom is 0.261 e. The van der Waals surface area contributed by atoms with Crippen LogP contribution in [0.1, 0.15) is 38.8 Å². The lowest BCUT2D eigenvalue weighted by atomic mass is 10.1. The van der Waals surface area contributed by atoms with Gasteiger partial charge in [-0.05, 0) is 57.0 Å². The number of benzene rings is 2. The minimum absolute atomic E-state index is 0.00863. The first kappa shape index (κ1) is 21.5. The van der Waals surface area contributed by atoms with Gasteiger partial charge in [0, 0.05) is 17.5 Å². The standard InChI is InChI=1S/C21H24ClFN4OS/c1-5-10-29-26-17-7-6-14(23)20(19(17)22)25-15-8-9-16-18(13(15)4)21(28)27(11-24-16)12(2)3/h6-9,11-12,25-26H,5,10H2,1-4H3. The Hall–Kier alpha value is -2.25. The molecule has 3 aromatic rings. The van der Waals surface area contributed by atoms with Crippen molar-refractivity contribution in [2.75, 3.05) is 15.8 Å². The van der Waals surface area contributed by atoms with Gasteiger partial charge >= 0.3 is 0 Å². The molecule has 0 saturated carbocycles. The van der Waals surface area contributed by atoms with Gasteiger partial charge < -0.3 is 10.0 Å². The molecule has 0 aliphatic carbocycles. The fourth-order valence-electron chi connectivity index (χ4n) is 3.00. The maximum atomic E-state index is 14.5. The lowest BCUT2D eigenvalue weighted by molar-refractivity contribution is 0.573. The van der Waals surface area contributed by atoms with Crippen LogP contribution in [0.15, 0.2) is 35.4 Å². The molecule has 0 atom stereocenters. The predicted octanol–water partition coefficient (Wildman–Crippen LogP) is 6.29. The van der Waals surface area contributed by atoms with Crippen LogP contribution in [-0.4, -0.2) is 15.3 Å². The molecular formula is C21H24ClFN4OS. The molecule has 0 spiro atoms. The molecule has 0 radical (unpaired) electrons. The summed E-state index contributed by atoms with van der Waals surface area (Å²) in [5.74, 6) is 0.446. The zero-order valence-electron chi connectivity index (χ0n) is 16.8. The lowest BCUT2D eigenvalue weighted by Crippen LogP contribution is -2.23. The Balaban J connectivity index is 2.04. The highest BCUT2D eigenvalue weighted by atomic mass is 35.5. The van der Waals surface area contributed by atoms with E-state index in [4.69, 9.17) is 11.6 Å². The summed E-state index contributed by atoms with van der Waals surface area (Å²) in [5.41, 5.74) is 2.60. The Morgan fingerprint density at radius 1 is 1.24 bits per heavy atom. The van der Waals surface area contributed by atoms with Crippen molar-refractivity contribution < 1.29 is 4.39 Å². The molecule has 5 nitrogen and oxygen atoms in total. The van der Waals surface area contributed by atoms with E-state index >= 15 is 0 Å². The zero-order valence-corrected chi connectivity index (χ0v) is 18.4. The summed E-state index contributed by atoms with van der Waals surface area (Å²) in [5, 5.41) is 3.85. The number of fused-ring (bicyclic) bond motifs is 1. The van der Waals surface area contributed by atoms with Gasteiger partial charge in [0.1, 0.15) is 5.82 Å². The van der Waals surface area contributed by atoms with E-state index in [1.54, 1.807) is 29.1 Å². The van der Waals surface area contributed by atoms with E-state index in [-0.39, 0.29) is 22.3 Å². The highest BCUT2D eigenvalue weighted by molar-refractivity contribution is 8.00. The first-order chi connectivity index (χ1) is 13.8. The van der Waals surface area contributed by atoms with Gasteiger partial charge in [-0.25, -0.2) is 9.37 Å². The number of halogens is 2. The van der Waals surface area contributed by atoms with E-state index in [1.165, 1.54) is 18.0 Å². The number of aromatic nitrogens is 2. The Morgan fingerprint density at radius 3 is 2.66 bits per heavy atom.